The molecule has 0 aromatic heterocycles. The fourth-order valence-corrected chi connectivity index (χ4v) is 6.07. The fourth-order valence-electron chi connectivity index (χ4n) is 6.07. The van der Waals surface area contributed by atoms with Gasteiger partial charge in [-0.25, -0.2) is 0 Å². The number of aliphatic carboxylic acids is 1. The molecule has 4 rings (SSSR count). The van der Waals surface area contributed by atoms with Crippen LogP contribution in [-0.2, 0) is 36.8 Å². The van der Waals surface area contributed by atoms with Gasteiger partial charge in [0.05, 0.1) is 6.04 Å². The third-order valence-electron chi connectivity index (χ3n) is 9.40. The number of nitrogens with one attached hydrogen (secondary N) is 3. The Morgan fingerprint density at radius 3 is 1.86 bits per heavy atom. The molecule has 4 unspecified atom stereocenters. The normalized spacial score (nSPS) is 18.0. The molecule has 4 atom stereocenters. The zero-order valence-electron chi connectivity index (χ0n) is 28.0. The van der Waals surface area contributed by atoms with Crippen LogP contribution >= 0.6 is 0 Å². The van der Waals surface area contributed by atoms with E-state index < -0.39 is 53.4 Å². The van der Waals surface area contributed by atoms with Crippen LogP contribution in [0.1, 0.15) is 62.5 Å². The van der Waals surface area contributed by atoms with Gasteiger partial charge < -0.3 is 43.2 Å². The lowest BCUT2D eigenvalue weighted by molar-refractivity contribution is -0.148. The van der Waals surface area contributed by atoms with Crippen molar-refractivity contribution in [3.8, 4) is 0 Å². The van der Waals surface area contributed by atoms with Gasteiger partial charge in [-0.2, -0.15) is 0 Å². The molecule has 2 aromatic rings. The standard InChI is InChI=1S/C36H51N7O6/c37-18-8-7-13-28(34(47)43-19-16-36(39,17-20-43)35(48)49)40-32(45)30(23-26-14-15-26)42-33(46)29(22-25-11-5-2-6-12-25)41-31(44)27(38)21-24-9-3-1-4-10-24/h1-6,9-12,26-30H,7-8,13-23,37-39H2,(H,40,45)(H,41,44)(H,42,46)(H,48,49). The highest BCUT2D eigenvalue weighted by atomic mass is 16.4. The second kappa shape index (κ2) is 17.9. The third kappa shape index (κ3) is 11.4. The quantitative estimate of drug-likeness (QED) is 0.110. The molecule has 1 aliphatic heterocycles. The van der Waals surface area contributed by atoms with Crippen LogP contribution in [0, 0.1) is 5.92 Å². The Kier molecular flexibility index (Phi) is 13.7. The Balaban J connectivity index is 1.47. The molecule has 2 fully saturated rings. The van der Waals surface area contributed by atoms with Gasteiger partial charge in [0, 0.05) is 19.5 Å². The van der Waals surface area contributed by atoms with Gasteiger partial charge in [0.1, 0.15) is 23.7 Å². The van der Waals surface area contributed by atoms with Gasteiger partial charge in [0.15, 0.2) is 0 Å². The van der Waals surface area contributed by atoms with Crippen molar-refractivity contribution >= 4 is 29.6 Å². The van der Waals surface area contributed by atoms with Crippen molar-refractivity contribution in [2.24, 2.45) is 23.1 Å². The first-order valence-corrected chi connectivity index (χ1v) is 17.2. The number of hydrogen-bond donors (Lipinski definition) is 7. The van der Waals surface area contributed by atoms with Crippen LogP contribution in [0.2, 0.25) is 0 Å². The van der Waals surface area contributed by atoms with E-state index in [0.717, 1.165) is 24.0 Å². The van der Waals surface area contributed by atoms with E-state index in [0.29, 0.717) is 32.2 Å². The maximum absolute atomic E-state index is 13.9. The van der Waals surface area contributed by atoms with E-state index in [1.165, 1.54) is 0 Å². The SMILES string of the molecule is NCCCCC(NC(=O)C(CC1CC1)NC(=O)C(Cc1ccccc1)NC(=O)C(N)Cc1ccccc1)C(=O)N1CCC(N)(C(=O)O)CC1. The van der Waals surface area contributed by atoms with Gasteiger partial charge in [0.25, 0.3) is 0 Å². The van der Waals surface area contributed by atoms with Crippen molar-refractivity contribution in [2.75, 3.05) is 19.6 Å². The first kappa shape index (κ1) is 37.5. The molecule has 1 heterocycles. The molecule has 49 heavy (non-hydrogen) atoms. The lowest BCUT2D eigenvalue weighted by Gasteiger charge is -2.38. The first-order chi connectivity index (χ1) is 23.5. The first-order valence-electron chi connectivity index (χ1n) is 17.2. The van der Waals surface area contributed by atoms with Crippen LogP contribution in [0.25, 0.3) is 0 Å². The average molecular weight is 678 g/mol. The number of carboxylic acid groups (broad SMARTS) is 1. The number of likely N-dealkylation sites (tertiary alicyclic amines) is 1. The number of carbonyl (C=O) groups excluding carboxylic acids is 4. The highest BCUT2D eigenvalue weighted by Crippen LogP contribution is 2.33. The van der Waals surface area contributed by atoms with E-state index in [2.05, 4.69) is 16.0 Å². The van der Waals surface area contributed by atoms with Gasteiger partial charge in [-0.3, -0.25) is 24.0 Å². The Labute approximate surface area is 287 Å². The number of benzene rings is 2. The minimum absolute atomic E-state index is 0.0986. The zero-order valence-corrected chi connectivity index (χ0v) is 28.0. The Bertz CT molecular complexity index is 1410. The largest absolute Gasteiger partial charge is 0.480 e. The number of amides is 4. The molecular formula is C36H51N7O6. The van der Waals surface area contributed by atoms with Crippen molar-refractivity contribution in [1.82, 2.24) is 20.9 Å². The van der Waals surface area contributed by atoms with Crippen LogP contribution in [-0.4, -0.2) is 88.9 Å². The maximum atomic E-state index is 13.9. The van der Waals surface area contributed by atoms with Crippen LogP contribution < -0.4 is 33.2 Å². The minimum atomic E-state index is -1.40. The minimum Gasteiger partial charge on any atom is -0.480 e. The van der Waals surface area contributed by atoms with Crippen molar-refractivity contribution < 1.29 is 29.1 Å². The summed E-state index contributed by atoms with van der Waals surface area (Å²) in [6.45, 7) is 0.734. The molecule has 1 saturated carbocycles. The number of nitrogens with zero attached hydrogens (tertiary/aromatic N) is 1. The van der Waals surface area contributed by atoms with E-state index in [1.807, 2.05) is 60.7 Å². The Morgan fingerprint density at radius 1 is 0.776 bits per heavy atom. The summed E-state index contributed by atoms with van der Waals surface area (Å²) in [5.41, 5.74) is 18.3. The van der Waals surface area contributed by atoms with Crippen molar-refractivity contribution in [3.05, 3.63) is 71.8 Å². The highest BCUT2D eigenvalue weighted by molar-refractivity contribution is 5.95. The molecule has 2 aromatic carbocycles. The van der Waals surface area contributed by atoms with Gasteiger partial charge >= 0.3 is 5.97 Å². The maximum Gasteiger partial charge on any atom is 0.323 e. The lowest BCUT2D eigenvalue weighted by atomic mass is 9.88. The smallest absolute Gasteiger partial charge is 0.323 e. The number of hydrogen-bond acceptors (Lipinski definition) is 8. The predicted molar refractivity (Wildman–Crippen MR) is 185 cm³/mol. The van der Waals surface area contributed by atoms with Gasteiger partial charge in [-0.15, -0.1) is 0 Å². The summed E-state index contributed by atoms with van der Waals surface area (Å²) in [5.74, 6) is -2.69. The molecule has 0 bridgehead atoms. The number of rotatable bonds is 18. The summed E-state index contributed by atoms with van der Waals surface area (Å²) >= 11 is 0. The summed E-state index contributed by atoms with van der Waals surface area (Å²) in [4.78, 5) is 67.8. The van der Waals surface area contributed by atoms with Crippen molar-refractivity contribution in [1.29, 1.82) is 0 Å². The Morgan fingerprint density at radius 2 is 1.31 bits per heavy atom. The topological polar surface area (TPSA) is 223 Å². The summed E-state index contributed by atoms with van der Waals surface area (Å²) in [6, 6.07) is 14.9. The summed E-state index contributed by atoms with van der Waals surface area (Å²) in [5, 5.41) is 18.1. The van der Waals surface area contributed by atoms with Crippen LogP contribution in [0.15, 0.2) is 60.7 Å². The molecule has 1 aliphatic carbocycles. The molecule has 1 saturated heterocycles. The van der Waals surface area contributed by atoms with E-state index in [-0.39, 0.29) is 50.6 Å². The molecule has 2 aliphatic rings. The summed E-state index contributed by atoms with van der Waals surface area (Å²) < 4.78 is 0. The number of carbonyl (C=O) groups is 5. The van der Waals surface area contributed by atoms with E-state index in [1.54, 1.807) is 4.90 Å². The molecule has 0 radical (unpaired) electrons. The summed E-state index contributed by atoms with van der Waals surface area (Å²) in [6.07, 6.45) is 4.49. The predicted octanol–water partition coefficient (Wildman–Crippen LogP) is 0.587. The van der Waals surface area contributed by atoms with Crippen LogP contribution in [0.3, 0.4) is 0 Å². The number of carboxylic acids is 1. The molecular weight excluding hydrogens is 626 g/mol. The number of nitrogens with two attached hydrogens (primary N) is 3. The third-order valence-corrected chi connectivity index (χ3v) is 9.40. The van der Waals surface area contributed by atoms with E-state index in [4.69, 9.17) is 17.2 Å². The zero-order chi connectivity index (χ0) is 35.4. The molecule has 13 nitrogen and oxygen atoms in total. The molecule has 13 heteroatoms. The van der Waals surface area contributed by atoms with Gasteiger partial charge in [0.2, 0.25) is 23.6 Å². The van der Waals surface area contributed by atoms with Gasteiger partial charge in [-0.05, 0) is 68.5 Å². The lowest BCUT2D eigenvalue weighted by Crippen LogP contribution is -2.60. The molecule has 266 valence electrons. The van der Waals surface area contributed by atoms with Crippen molar-refractivity contribution in [2.45, 2.75) is 93.9 Å². The summed E-state index contributed by atoms with van der Waals surface area (Å²) in [7, 11) is 0. The van der Waals surface area contributed by atoms with Crippen LogP contribution in [0.4, 0.5) is 0 Å². The molecule has 4 amide bonds. The van der Waals surface area contributed by atoms with Gasteiger partial charge in [-0.1, -0.05) is 73.5 Å². The number of unbranched alkanes of at least 4 members (excludes halogenated alkanes) is 1. The highest BCUT2D eigenvalue weighted by Gasteiger charge is 2.41. The monoisotopic (exact) mass is 677 g/mol. The van der Waals surface area contributed by atoms with Crippen molar-refractivity contribution in [3.63, 3.8) is 0 Å². The number of piperidine rings is 1. The second-order valence-corrected chi connectivity index (χ2v) is 13.4. The molecule has 0 spiro atoms. The molecule has 10 N–H and O–H groups in total. The van der Waals surface area contributed by atoms with E-state index >= 15 is 0 Å². The average Bonchev–Trinajstić information content (AvgIpc) is 3.92. The second-order valence-electron chi connectivity index (χ2n) is 13.4. The fraction of sp³-hybridized carbons (Fsp3) is 0.528. The Hall–Kier alpha value is -4.33. The van der Waals surface area contributed by atoms with Crippen LogP contribution in [0.5, 0.6) is 0 Å². The van der Waals surface area contributed by atoms with E-state index in [9.17, 15) is 29.1 Å².